The topological polar surface area (TPSA) is 49.7 Å². The number of rotatable bonds is 2. The first kappa shape index (κ1) is 7.98. The fourth-order valence-corrected chi connectivity index (χ4v) is 1.17. The van der Waals surface area contributed by atoms with Crippen LogP contribution in [0, 0.1) is 5.41 Å². The summed E-state index contributed by atoms with van der Waals surface area (Å²) in [5.41, 5.74) is -0.252. The van der Waals surface area contributed by atoms with Gasteiger partial charge in [-0.05, 0) is 12.8 Å². The molecule has 0 saturated carbocycles. The van der Waals surface area contributed by atoms with Crippen LogP contribution in [0.15, 0.2) is 0 Å². The van der Waals surface area contributed by atoms with Crippen molar-refractivity contribution in [1.29, 1.82) is 0 Å². The van der Waals surface area contributed by atoms with Gasteiger partial charge in [0.1, 0.15) is 0 Å². The number of hydrogen-bond acceptors (Lipinski definition) is 3. The van der Waals surface area contributed by atoms with Gasteiger partial charge in [0.2, 0.25) is 0 Å². The molecule has 1 saturated heterocycles. The molecule has 1 fully saturated rings. The van der Waals surface area contributed by atoms with Crippen LogP contribution in [0.4, 0.5) is 0 Å². The largest absolute Gasteiger partial charge is 0.396 e. The van der Waals surface area contributed by atoms with Gasteiger partial charge in [-0.3, -0.25) is 0 Å². The Labute approximate surface area is 60.6 Å². The van der Waals surface area contributed by atoms with Crippen molar-refractivity contribution in [2.75, 3.05) is 26.4 Å². The third kappa shape index (κ3) is 1.48. The van der Waals surface area contributed by atoms with E-state index in [-0.39, 0.29) is 18.6 Å². The predicted octanol–water partition coefficient (Wildman–Crippen LogP) is -0.232. The Bertz CT molecular complexity index is 91.0. The minimum absolute atomic E-state index is 0.0762. The fraction of sp³-hybridized carbons (Fsp3) is 1.00. The summed E-state index contributed by atoms with van der Waals surface area (Å²) in [6.45, 7) is 1.49. The van der Waals surface area contributed by atoms with Crippen LogP contribution in [-0.2, 0) is 4.74 Å². The molecule has 1 heterocycles. The monoisotopic (exact) mass is 146 g/mol. The van der Waals surface area contributed by atoms with E-state index >= 15 is 0 Å². The summed E-state index contributed by atoms with van der Waals surface area (Å²) < 4.78 is 5.11. The van der Waals surface area contributed by atoms with E-state index in [9.17, 15) is 0 Å². The molecule has 2 N–H and O–H groups in total. The van der Waals surface area contributed by atoms with Crippen LogP contribution in [0.2, 0.25) is 0 Å². The summed E-state index contributed by atoms with van der Waals surface area (Å²) in [5.74, 6) is 0. The molecule has 0 aliphatic carbocycles. The lowest BCUT2D eigenvalue weighted by molar-refractivity contribution is -0.0451. The zero-order valence-corrected chi connectivity index (χ0v) is 6.05. The third-order valence-electron chi connectivity index (χ3n) is 2.22. The van der Waals surface area contributed by atoms with E-state index in [1.165, 1.54) is 0 Å². The van der Waals surface area contributed by atoms with Crippen LogP contribution in [0.5, 0.6) is 0 Å². The van der Waals surface area contributed by atoms with Crippen molar-refractivity contribution in [3.8, 4) is 0 Å². The Morgan fingerprint density at radius 3 is 1.90 bits per heavy atom. The van der Waals surface area contributed by atoms with Gasteiger partial charge in [0.15, 0.2) is 0 Å². The van der Waals surface area contributed by atoms with Crippen LogP contribution in [0.3, 0.4) is 0 Å². The van der Waals surface area contributed by atoms with Crippen molar-refractivity contribution < 1.29 is 14.9 Å². The molecule has 0 amide bonds. The zero-order valence-electron chi connectivity index (χ0n) is 6.05. The molecule has 3 nitrogen and oxygen atoms in total. The van der Waals surface area contributed by atoms with Gasteiger partial charge >= 0.3 is 0 Å². The van der Waals surface area contributed by atoms with Gasteiger partial charge in [-0.2, -0.15) is 0 Å². The van der Waals surface area contributed by atoms with Crippen molar-refractivity contribution in [2.45, 2.75) is 12.8 Å². The summed E-state index contributed by atoms with van der Waals surface area (Å²) in [6, 6.07) is 0. The summed E-state index contributed by atoms with van der Waals surface area (Å²) >= 11 is 0. The minimum Gasteiger partial charge on any atom is -0.396 e. The second-order valence-electron chi connectivity index (χ2n) is 2.93. The molecule has 0 aromatic rings. The Morgan fingerprint density at radius 2 is 1.60 bits per heavy atom. The fourth-order valence-electron chi connectivity index (χ4n) is 1.17. The first-order valence-electron chi connectivity index (χ1n) is 3.62. The average molecular weight is 146 g/mol. The van der Waals surface area contributed by atoms with Crippen molar-refractivity contribution in [3.63, 3.8) is 0 Å². The molecule has 10 heavy (non-hydrogen) atoms. The molecule has 0 aromatic heterocycles. The highest BCUT2D eigenvalue weighted by Crippen LogP contribution is 2.28. The normalized spacial score (nSPS) is 24.6. The smallest absolute Gasteiger partial charge is 0.0511 e. The maximum Gasteiger partial charge on any atom is 0.0511 e. The van der Waals surface area contributed by atoms with E-state index in [1.54, 1.807) is 0 Å². The zero-order chi connectivity index (χ0) is 7.45. The quantitative estimate of drug-likeness (QED) is 0.565. The molecule has 0 bridgehead atoms. The summed E-state index contributed by atoms with van der Waals surface area (Å²) in [7, 11) is 0. The molecule has 3 heteroatoms. The maximum atomic E-state index is 8.93. The molecule has 0 spiro atoms. The van der Waals surface area contributed by atoms with Crippen molar-refractivity contribution in [3.05, 3.63) is 0 Å². The van der Waals surface area contributed by atoms with Crippen LogP contribution in [0.1, 0.15) is 12.8 Å². The average Bonchev–Trinajstić information content (AvgIpc) is 2.06. The number of ether oxygens (including phenoxy) is 1. The molecule has 1 rings (SSSR count). The lowest BCUT2D eigenvalue weighted by atomic mass is 9.82. The standard InChI is InChI=1S/C7H14O3/c8-5-7(6-9)1-3-10-4-2-7/h8-9H,1-6H2. The van der Waals surface area contributed by atoms with E-state index in [1.807, 2.05) is 0 Å². The third-order valence-corrected chi connectivity index (χ3v) is 2.22. The van der Waals surface area contributed by atoms with E-state index in [2.05, 4.69) is 0 Å². The van der Waals surface area contributed by atoms with Crippen LogP contribution in [0.25, 0.3) is 0 Å². The van der Waals surface area contributed by atoms with E-state index in [0.717, 1.165) is 12.8 Å². The van der Waals surface area contributed by atoms with Crippen molar-refractivity contribution >= 4 is 0 Å². The Kier molecular flexibility index (Phi) is 2.65. The van der Waals surface area contributed by atoms with Gasteiger partial charge in [0.05, 0.1) is 13.2 Å². The van der Waals surface area contributed by atoms with Gasteiger partial charge in [-0.25, -0.2) is 0 Å². The van der Waals surface area contributed by atoms with Gasteiger partial charge in [-0.1, -0.05) is 0 Å². The van der Waals surface area contributed by atoms with Gasteiger partial charge < -0.3 is 14.9 Å². The Hall–Kier alpha value is -0.120. The Morgan fingerprint density at radius 1 is 1.10 bits per heavy atom. The maximum absolute atomic E-state index is 8.93. The van der Waals surface area contributed by atoms with Crippen molar-refractivity contribution in [1.82, 2.24) is 0 Å². The van der Waals surface area contributed by atoms with Crippen LogP contribution in [-0.4, -0.2) is 36.6 Å². The number of aliphatic hydroxyl groups is 2. The number of aliphatic hydroxyl groups excluding tert-OH is 2. The second kappa shape index (κ2) is 3.32. The van der Waals surface area contributed by atoms with E-state index in [0.29, 0.717) is 13.2 Å². The van der Waals surface area contributed by atoms with Gasteiger partial charge in [0.25, 0.3) is 0 Å². The van der Waals surface area contributed by atoms with E-state index < -0.39 is 0 Å². The summed E-state index contributed by atoms with van der Waals surface area (Å²) in [4.78, 5) is 0. The first-order valence-corrected chi connectivity index (χ1v) is 3.62. The minimum atomic E-state index is -0.252. The first-order chi connectivity index (χ1) is 4.83. The summed E-state index contributed by atoms with van der Waals surface area (Å²) in [5, 5.41) is 17.9. The molecule has 0 radical (unpaired) electrons. The molecule has 0 atom stereocenters. The van der Waals surface area contributed by atoms with Crippen molar-refractivity contribution in [2.24, 2.45) is 5.41 Å². The molecule has 0 aromatic carbocycles. The highest BCUT2D eigenvalue weighted by atomic mass is 16.5. The van der Waals surface area contributed by atoms with Crippen LogP contribution < -0.4 is 0 Å². The van der Waals surface area contributed by atoms with Crippen LogP contribution >= 0.6 is 0 Å². The molecule has 1 aliphatic rings. The second-order valence-corrected chi connectivity index (χ2v) is 2.93. The lowest BCUT2D eigenvalue weighted by Crippen LogP contribution is -2.36. The number of hydrogen-bond donors (Lipinski definition) is 2. The van der Waals surface area contributed by atoms with E-state index in [4.69, 9.17) is 14.9 Å². The molecular weight excluding hydrogens is 132 g/mol. The molecular formula is C7H14O3. The highest BCUT2D eigenvalue weighted by Gasteiger charge is 2.30. The highest BCUT2D eigenvalue weighted by molar-refractivity contribution is 4.79. The molecule has 60 valence electrons. The summed E-state index contributed by atoms with van der Waals surface area (Å²) in [6.07, 6.45) is 1.56. The van der Waals surface area contributed by atoms with Gasteiger partial charge in [0, 0.05) is 18.6 Å². The lowest BCUT2D eigenvalue weighted by Gasteiger charge is -2.33. The SMILES string of the molecule is OCC1(CO)CCOCC1. The molecule has 1 aliphatic heterocycles. The van der Waals surface area contributed by atoms with Gasteiger partial charge in [-0.15, -0.1) is 0 Å². The predicted molar refractivity (Wildman–Crippen MR) is 36.7 cm³/mol. The Balaban J connectivity index is 2.44. The molecule has 0 unspecified atom stereocenters.